The Morgan fingerprint density at radius 2 is 2.12 bits per heavy atom. The summed E-state index contributed by atoms with van der Waals surface area (Å²) in [5, 5.41) is 3.35. The summed E-state index contributed by atoms with van der Waals surface area (Å²) in [7, 11) is 1.75. The predicted octanol–water partition coefficient (Wildman–Crippen LogP) is 3.04. The van der Waals surface area contributed by atoms with Gasteiger partial charge in [-0.25, -0.2) is 0 Å². The molecule has 1 aromatic rings. The van der Waals surface area contributed by atoms with Crippen molar-refractivity contribution in [3.8, 4) is 0 Å². The third-order valence-corrected chi connectivity index (χ3v) is 2.75. The van der Waals surface area contributed by atoms with Crippen LogP contribution >= 0.6 is 0 Å². The highest BCUT2D eigenvalue weighted by molar-refractivity contribution is 5.43. The third-order valence-electron chi connectivity index (χ3n) is 2.75. The topological polar surface area (TPSA) is 34.2 Å². The Kier molecular flexibility index (Phi) is 5.26. The van der Waals surface area contributed by atoms with Crippen LogP contribution in [-0.4, -0.2) is 24.7 Å². The van der Waals surface area contributed by atoms with Gasteiger partial charge in [0.2, 0.25) is 0 Å². The standard InChI is InChI=1S/C13H22N2O/c1-5-13(16-4)9-15-12-6-11(10(2)3)7-14-8-12/h6-8,10,13,15H,5,9H2,1-4H3. The average Bonchev–Trinajstić information content (AvgIpc) is 2.31. The quantitative estimate of drug-likeness (QED) is 0.803. The Hall–Kier alpha value is -1.09. The number of aromatic nitrogens is 1. The predicted molar refractivity (Wildman–Crippen MR) is 67.9 cm³/mol. The number of hydrogen-bond donors (Lipinski definition) is 1. The summed E-state index contributed by atoms with van der Waals surface area (Å²) >= 11 is 0. The Morgan fingerprint density at radius 1 is 1.38 bits per heavy atom. The molecular formula is C13H22N2O. The van der Waals surface area contributed by atoms with Gasteiger partial charge in [0.15, 0.2) is 0 Å². The van der Waals surface area contributed by atoms with E-state index in [0.29, 0.717) is 5.92 Å². The molecule has 0 bridgehead atoms. The molecule has 0 amide bonds. The highest BCUT2D eigenvalue weighted by atomic mass is 16.5. The molecule has 1 atom stereocenters. The van der Waals surface area contributed by atoms with Crippen molar-refractivity contribution >= 4 is 5.69 Å². The van der Waals surface area contributed by atoms with Crippen molar-refractivity contribution in [2.24, 2.45) is 0 Å². The van der Waals surface area contributed by atoms with Gasteiger partial charge in [-0.1, -0.05) is 20.8 Å². The van der Waals surface area contributed by atoms with Gasteiger partial charge < -0.3 is 10.1 Å². The van der Waals surface area contributed by atoms with Gasteiger partial charge >= 0.3 is 0 Å². The number of ether oxygens (including phenoxy) is 1. The average molecular weight is 222 g/mol. The lowest BCUT2D eigenvalue weighted by Crippen LogP contribution is -2.21. The van der Waals surface area contributed by atoms with Crippen molar-refractivity contribution in [1.29, 1.82) is 0 Å². The molecule has 1 N–H and O–H groups in total. The van der Waals surface area contributed by atoms with E-state index in [0.717, 1.165) is 18.7 Å². The number of nitrogens with zero attached hydrogens (tertiary/aromatic N) is 1. The van der Waals surface area contributed by atoms with E-state index in [2.05, 4.69) is 37.1 Å². The largest absolute Gasteiger partial charge is 0.381 e. The van der Waals surface area contributed by atoms with Crippen LogP contribution in [-0.2, 0) is 4.74 Å². The number of rotatable bonds is 6. The fourth-order valence-electron chi connectivity index (χ4n) is 1.50. The van der Waals surface area contributed by atoms with Gasteiger partial charge in [-0.15, -0.1) is 0 Å². The summed E-state index contributed by atoms with van der Waals surface area (Å²) in [4.78, 5) is 4.23. The smallest absolute Gasteiger partial charge is 0.0741 e. The van der Waals surface area contributed by atoms with E-state index in [1.165, 1.54) is 5.56 Å². The zero-order valence-corrected chi connectivity index (χ0v) is 10.7. The second-order valence-corrected chi connectivity index (χ2v) is 4.31. The molecule has 90 valence electrons. The van der Waals surface area contributed by atoms with Gasteiger partial charge in [0.1, 0.15) is 0 Å². The normalized spacial score (nSPS) is 12.8. The van der Waals surface area contributed by atoms with E-state index in [4.69, 9.17) is 4.74 Å². The molecule has 0 aromatic carbocycles. The van der Waals surface area contributed by atoms with Gasteiger partial charge in [0, 0.05) is 26.0 Å². The van der Waals surface area contributed by atoms with Crippen LogP contribution in [0.4, 0.5) is 5.69 Å². The molecule has 0 saturated heterocycles. The summed E-state index contributed by atoms with van der Waals surface area (Å²) < 4.78 is 5.32. The molecule has 16 heavy (non-hydrogen) atoms. The molecule has 3 nitrogen and oxygen atoms in total. The second-order valence-electron chi connectivity index (χ2n) is 4.31. The monoisotopic (exact) mass is 222 g/mol. The van der Waals surface area contributed by atoms with Crippen molar-refractivity contribution in [3.63, 3.8) is 0 Å². The van der Waals surface area contributed by atoms with Crippen molar-refractivity contribution in [1.82, 2.24) is 4.98 Å². The van der Waals surface area contributed by atoms with Gasteiger partial charge in [-0.2, -0.15) is 0 Å². The molecule has 1 aromatic heterocycles. The number of anilines is 1. The fourth-order valence-corrected chi connectivity index (χ4v) is 1.50. The Bertz CT molecular complexity index is 309. The third kappa shape index (κ3) is 3.81. The van der Waals surface area contributed by atoms with Gasteiger partial charge in [0.25, 0.3) is 0 Å². The lowest BCUT2D eigenvalue weighted by atomic mass is 10.1. The number of hydrogen-bond acceptors (Lipinski definition) is 3. The van der Waals surface area contributed by atoms with Crippen LogP contribution in [0.15, 0.2) is 18.5 Å². The first-order chi connectivity index (χ1) is 7.67. The van der Waals surface area contributed by atoms with Gasteiger partial charge in [-0.05, 0) is 24.0 Å². The van der Waals surface area contributed by atoms with Crippen LogP contribution in [0, 0.1) is 0 Å². The minimum Gasteiger partial charge on any atom is -0.381 e. The number of pyridine rings is 1. The fraction of sp³-hybridized carbons (Fsp3) is 0.615. The van der Waals surface area contributed by atoms with E-state index in [-0.39, 0.29) is 6.10 Å². The minimum atomic E-state index is 0.266. The van der Waals surface area contributed by atoms with E-state index >= 15 is 0 Å². The summed E-state index contributed by atoms with van der Waals surface area (Å²) in [6.07, 6.45) is 5.06. The van der Waals surface area contributed by atoms with E-state index in [1.54, 1.807) is 7.11 Å². The maximum Gasteiger partial charge on any atom is 0.0741 e. The zero-order chi connectivity index (χ0) is 12.0. The molecule has 0 aliphatic carbocycles. The molecule has 3 heteroatoms. The molecular weight excluding hydrogens is 200 g/mol. The SMILES string of the molecule is CCC(CNc1cncc(C(C)C)c1)OC. The first kappa shape index (κ1) is 13.0. The van der Waals surface area contributed by atoms with Crippen LogP contribution in [0.1, 0.15) is 38.7 Å². The van der Waals surface area contributed by atoms with Crippen molar-refractivity contribution < 1.29 is 4.74 Å². The zero-order valence-electron chi connectivity index (χ0n) is 10.7. The molecule has 0 radical (unpaired) electrons. The molecule has 0 spiro atoms. The first-order valence-electron chi connectivity index (χ1n) is 5.89. The van der Waals surface area contributed by atoms with Crippen LogP contribution in [0.25, 0.3) is 0 Å². The van der Waals surface area contributed by atoms with Gasteiger partial charge in [-0.3, -0.25) is 4.98 Å². The van der Waals surface area contributed by atoms with Crippen molar-refractivity contribution in [3.05, 3.63) is 24.0 Å². The summed E-state index contributed by atoms with van der Waals surface area (Å²) in [6.45, 7) is 7.30. The highest BCUT2D eigenvalue weighted by Gasteiger charge is 2.05. The maximum absolute atomic E-state index is 5.32. The number of methoxy groups -OCH3 is 1. The highest BCUT2D eigenvalue weighted by Crippen LogP contribution is 2.16. The van der Waals surface area contributed by atoms with Crippen molar-refractivity contribution in [2.45, 2.75) is 39.2 Å². The van der Waals surface area contributed by atoms with Crippen LogP contribution in [0.2, 0.25) is 0 Å². The molecule has 1 heterocycles. The summed E-state index contributed by atoms with van der Waals surface area (Å²) in [6, 6.07) is 2.15. The summed E-state index contributed by atoms with van der Waals surface area (Å²) in [5.41, 5.74) is 2.33. The molecule has 1 rings (SSSR count). The molecule has 0 aliphatic heterocycles. The van der Waals surface area contributed by atoms with Gasteiger partial charge in [0.05, 0.1) is 11.8 Å². The van der Waals surface area contributed by atoms with Crippen molar-refractivity contribution in [2.75, 3.05) is 19.0 Å². The lowest BCUT2D eigenvalue weighted by Gasteiger charge is -2.15. The Morgan fingerprint density at radius 3 is 2.69 bits per heavy atom. The first-order valence-corrected chi connectivity index (χ1v) is 5.89. The maximum atomic E-state index is 5.32. The molecule has 1 unspecified atom stereocenters. The minimum absolute atomic E-state index is 0.266. The van der Waals surface area contributed by atoms with E-state index in [1.807, 2.05) is 12.4 Å². The Labute approximate surface area is 98.2 Å². The Balaban J connectivity index is 2.56. The summed E-state index contributed by atoms with van der Waals surface area (Å²) in [5.74, 6) is 0.513. The molecule has 0 fully saturated rings. The van der Waals surface area contributed by atoms with Crippen LogP contribution in [0.3, 0.4) is 0 Å². The van der Waals surface area contributed by atoms with E-state index in [9.17, 15) is 0 Å². The number of nitrogens with one attached hydrogen (secondary N) is 1. The van der Waals surface area contributed by atoms with E-state index < -0.39 is 0 Å². The second kappa shape index (κ2) is 6.48. The molecule has 0 aliphatic rings. The van der Waals surface area contributed by atoms with Crippen LogP contribution < -0.4 is 5.32 Å². The lowest BCUT2D eigenvalue weighted by molar-refractivity contribution is 0.110. The van der Waals surface area contributed by atoms with Crippen LogP contribution in [0.5, 0.6) is 0 Å². The molecule has 0 saturated carbocycles.